The van der Waals surface area contributed by atoms with E-state index in [0.29, 0.717) is 0 Å². The Kier molecular flexibility index (Phi) is 3.04. The van der Waals surface area contributed by atoms with Crippen LogP contribution in [0.3, 0.4) is 0 Å². The smallest absolute Gasteiger partial charge is 0.493 e. The molecule has 0 unspecified atom stereocenters. The molecule has 3 nitrogen and oxygen atoms in total. The van der Waals surface area contributed by atoms with E-state index in [1.54, 1.807) is 0 Å². The van der Waals surface area contributed by atoms with Crippen LogP contribution in [-0.2, 0) is 0 Å². The topological polar surface area (TPSA) is 22.8 Å². The lowest BCUT2D eigenvalue weighted by Gasteiger charge is -2.12. The fourth-order valence-corrected chi connectivity index (χ4v) is 0.939. The van der Waals surface area contributed by atoms with Crippen LogP contribution >= 0.6 is 0 Å². The molecule has 0 fully saturated rings. The number of rotatable bonds is 2. The Morgan fingerprint density at radius 2 is 1.93 bits per heavy atom. The molecule has 1 aromatic rings. The first kappa shape index (κ1) is 11.2. The van der Waals surface area contributed by atoms with Gasteiger partial charge in [-0.3, -0.25) is 0 Å². The second-order valence-corrected chi connectivity index (χ2v) is 2.49. The maximum absolute atomic E-state index is 11.9. The zero-order chi connectivity index (χ0) is 11.5. The number of methoxy groups -OCH3 is 1. The molecule has 1 aromatic carbocycles. The molecule has 0 N–H and O–H groups in total. The summed E-state index contributed by atoms with van der Waals surface area (Å²) in [5.41, 5.74) is 0.0510. The van der Waals surface area contributed by atoms with Crippen molar-refractivity contribution in [3.63, 3.8) is 0 Å². The molecular formula is C9H6F3NO2. The molecule has 1 rings (SSSR count). The number of nitrogens with zero attached hydrogens (tertiary/aromatic N) is 1. The summed E-state index contributed by atoms with van der Waals surface area (Å²) in [6.07, 6.45) is -4.80. The highest BCUT2D eigenvalue weighted by atomic mass is 19.4. The van der Waals surface area contributed by atoms with Crippen LogP contribution in [0, 0.1) is 6.57 Å². The van der Waals surface area contributed by atoms with Crippen molar-refractivity contribution in [3.8, 4) is 11.5 Å². The zero-order valence-corrected chi connectivity index (χ0v) is 7.63. The monoisotopic (exact) mass is 217 g/mol. The highest BCUT2D eigenvalue weighted by molar-refractivity contribution is 5.55. The highest BCUT2D eigenvalue weighted by Gasteiger charge is 2.32. The van der Waals surface area contributed by atoms with E-state index in [0.717, 1.165) is 6.07 Å². The Labute approximate surface area is 83.9 Å². The van der Waals surface area contributed by atoms with Crippen molar-refractivity contribution in [3.05, 3.63) is 29.6 Å². The van der Waals surface area contributed by atoms with E-state index in [1.807, 2.05) is 0 Å². The van der Waals surface area contributed by atoms with Gasteiger partial charge in [0.1, 0.15) is 0 Å². The van der Waals surface area contributed by atoms with E-state index in [1.165, 1.54) is 19.2 Å². The number of hydrogen-bond donors (Lipinski definition) is 0. The molecule has 0 aliphatic rings. The van der Waals surface area contributed by atoms with Crippen LogP contribution in [0.4, 0.5) is 18.9 Å². The number of hydrogen-bond acceptors (Lipinski definition) is 2. The van der Waals surface area contributed by atoms with Gasteiger partial charge in [-0.15, -0.1) is 13.2 Å². The number of ether oxygens (including phenoxy) is 2. The summed E-state index contributed by atoms with van der Waals surface area (Å²) in [5.74, 6) is -0.585. The summed E-state index contributed by atoms with van der Waals surface area (Å²) in [6, 6.07) is 3.56. The van der Waals surface area contributed by atoms with E-state index in [2.05, 4.69) is 14.3 Å². The average Bonchev–Trinajstić information content (AvgIpc) is 2.15. The molecule has 0 amide bonds. The van der Waals surface area contributed by atoms with E-state index in [4.69, 9.17) is 6.57 Å². The van der Waals surface area contributed by atoms with Gasteiger partial charge in [-0.1, -0.05) is 6.07 Å². The number of halogens is 3. The molecule has 0 saturated carbocycles. The summed E-state index contributed by atoms with van der Waals surface area (Å²) >= 11 is 0. The van der Waals surface area contributed by atoms with E-state index in [-0.39, 0.29) is 11.4 Å². The molecule has 80 valence electrons. The highest BCUT2D eigenvalue weighted by Crippen LogP contribution is 2.35. The van der Waals surface area contributed by atoms with Crippen LogP contribution in [0.2, 0.25) is 0 Å². The standard InChI is InChI=1S/C9H6F3NO2/c1-13-6-3-4-7(14-2)8(5-6)15-9(10,11)12/h3-5H,2H3. The fraction of sp³-hybridized carbons (Fsp3) is 0.222. The first-order chi connectivity index (χ1) is 6.96. The van der Waals surface area contributed by atoms with Gasteiger partial charge < -0.3 is 9.47 Å². The third-order valence-corrected chi connectivity index (χ3v) is 1.50. The normalized spacial score (nSPS) is 10.6. The van der Waals surface area contributed by atoms with Crippen LogP contribution in [0.5, 0.6) is 11.5 Å². The lowest BCUT2D eigenvalue weighted by Crippen LogP contribution is -2.17. The van der Waals surface area contributed by atoms with Crippen molar-refractivity contribution in [2.45, 2.75) is 6.36 Å². The molecule has 0 spiro atoms. The SMILES string of the molecule is [C-]#[N+]c1ccc(OC)c(OC(F)(F)F)c1. The first-order valence-electron chi connectivity index (χ1n) is 3.77. The Balaban J connectivity index is 3.08. The second kappa shape index (κ2) is 4.09. The third kappa shape index (κ3) is 3.06. The Morgan fingerprint density at radius 3 is 2.40 bits per heavy atom. The molecule has 15 heavy (non-hydrogen) atoms. The lowest BCUT2D eigenvalue weighted by atomic mass is 10.3. The molecule has 0 aliphatic carbocycles. The number of benzene rings is 1. The minimum atomic E-state index is -4.80. The van der Waals surface area contributed by atoms with Gasteiger partial charge in [0.2, 0.25) is 0 Å². The zero-order valence-electron chi connectivity index (χ0n) is 7.63. The van der Waals surface area contributed by atoms with Gasteiger partial charge in [-0.2, -0.15) is 0 Å². The summed E-state index contributed by atoms with van der Waals surface area (Å²) in [6.45, 7) is 6.65. The minimum absolute atomic E-state index is 0.0510. The molecule has 0 atom stereocenters. The van der Waals surface area contributed by atoms with Crippen LogP contribution in [0.15, 0.2) is 18.2 Å². The largest absolute Gasteiger partial charge is 0.573 e. The van der Waals surface area contributed by atoms with Gasteiger partial charge >= 0.3 is 6.36 Å². The van der Waals surface area contributed by atoms with Gasteiger partial charge in [-0.25, -0.2) is 4.85 Å². The Morgan fingerprint density at radius 1 is 1.27 bits per heavy atom. The van der Waals surface area contributed by atoms with Crippen molar-refractivity contribution in [2.75, 3.05) is 7.11 Å². The van der Waals surface area contributed by atoms with E-state index < -0.39 is 12.1 Å². The Hall–Kier alpha value is -1.90. The molecule has 0 aromatic heterocycles. The predicted molar refractivity (Wildman–Crippen MR) is 45.9 cm³/mol. The molecule has 0 aliphatic heterocycles. The van der Waals surface area contributed by atoms with Crippen molar-refractivity contribution in [1.29, 1.82) is 0 Å². The number of alkyl halides is 3. The quantitative estimate of drug-likeness (QED) is 0.710. The molecule has 0 radical (unpaired) electrons. The van der Waals surface area contributed by atoms with Crippen molar-refractivity contribution in [2.24, 2.45) is 0 Å². The van der Waals surface area contributed by atoms with Gasteiger partial charge in [-0.05, 0) is 12.1 Å². The van der Waals surface area contributed by atoms with E-state index >= 15 is 0 Å². The van der Waals surface area contributed by atoms with Gasteiger partial charge in [0, 0.05) is 0 Å². The summed E-state index contributed by atoms with van der Waals surface area (Å²) in [4.78, 5) is 2.98. The molecule has 6 heteroatoms. The first-order valence-corrected chi connectivity index (χ1v) is 3.77. The fourth-order valence-electron chi connectivity index (χ4n) is 0.939. The molecule has 0 saturated heterocycles. The maximum Gasteiger partial charge on any atom is 0.573 e. The van der Waals surface area contributed by atoms with Crippen molar-refractivity contribution < 1.29 is 22.6 Å². The second-order valence-electron chi connectivity index (χ2n) is 2.49. The van der Waals surface area contributed by atoms with Gasteiger partial charge in [0.25, 0.3) is 0 Å². The minimum Gasteiger partial charge on any atom is -0.493 e. The van der Waals surface area contributed by atoms with E-state index in [9.17, 15) is 13.2 Å². The van der Waals surface area contributed by atoms with Gasteiger partial charge in [0.05, 0.1) is 13.7 Å². The van der Waals surface area contributed by atoms with Crippen LogP contribution in [0.1, 0.15) is 0 Å². The van der Waals surface area contributed by atoms with Crippen molar-refractivity contribution in [1.82, 2.24) is 0 Å². The summed E-state index contributed by atoms with van der Waals surface area (Å²) in [5, 5.41) is 0. The lowest BCUT2D eigenvalue weighted by molar-refractivity contribution is -0.275. The van der Waals surface area contributed by atoms with Crippen LogP contribution < -0.4 is 9.47 Å². The summed E-state index contributed by atoms with van der Waals surface area (Å²) < 4.78 is 44.2. The Bertz CT molecular complexity index is 395. The molecule has 0 bridgehead atoms. The molecule has 0 heterocycles. The van der Waals surface area contributed by atoms with Crippen molar-refractivity contribution >= 4 is 5.69 Å². The maximum atomic E-state index is 11.9. The van der Waals surface area contributed by atoms with Gasteiger partial charge in [0.15, 0.2) is 17.2 Å². The van der Waals surface area contributed by atoms with Crippen LogP contribution in [0.25, 0.3) is 4.85 Å². The molecular weight excluding hydrogens is 211 g/mol. The summed E-state index contributed by atoms with van der Waals surface area (Å²) in [7, 11) is 1.22. The predicted octanol–water partition coefficient (Wildman–Crippen LogP) is 3.14. The average molecular weight is 217 g/mol. The van der Waals surface area contributed by atoms with Crippen LogP contribution in [-0.4, -0.2) is 13.5 Å². The third-order valence-electron chi connectivity index (χ3n) is 1.50.